The minimum absolute atomic E-state index is 0.0239. The predicted molar refractivity (Wildman–Crippen MR) is 121 cm³/mol. The first kappa shape index (κ1) is 22.6. The second-order valence-electron chi connectivity index (χ2n) is 7.53. The van der Waals surface area contributed by atoms with Gasteiger partial charge in [-0.3, -0.25) is 25.2 Å². The van der Waals surface area contributed by atoms with Crippen LogP contribution in [0.15, 0.2) is 54.7 Å². The van der Waals surface area contributed by atoms with Crippen molar-refractivity contribution in [3.8, 4) is 22.9 Å². The fourth-order valence-corrected chi connectivity index (χ4v) is 3.64. The minimum atomic E-state index is -0.790. The number of methoxy groups -OCH3 is 2. The number of anilines is 1. The van der Waals surface area contributed by atoms with Crippen LogP contribution in [0.2, 0.25) is 0 Å². The summed E-state index contributed by atoms with van der Waals surface area (Å²) in [6.07, 6.45) is 1.27. The summed E-state index contributed by atoms with van der Waals surface area (Å²) in [5.74, 6) is -1.61. The molecular weight excluding hydrogens is 442 g/mol. The van der Waals surface area contributed by atoms with Crippen LogP contribution in [0.4, 0.5) is 5.69 Å². The van der Waals surface area contributed by atoms with E-state index in [2.05, 4.69) is 16.0 Å². The number of carbonyl (C=O) groups is 3. The Morgan fingerprint density at radius 1 is 1.03 bits per heavy atom. The number of benzene rings is 2. The van der Waals surface area contributed by atoms with Gasteiger partial charge in [0.25, 0.3) is 5.91 Å². The zero-order valence-electron chi connectivity index (χ0n) is 18.5. The van der Waals surface area contributed by atoms with Crippen molar-refractivity contribution in [3.63, 3.8) is 0 Å². The third kappa shape index (κ3) is 4.49. The Hall–Kier alpha value is -4.54. The molecule has 0 spiro atoms. The molecule has 0 bridgehead atoms. The average Bonchev–Trinajstić information content (AvgIpc) is 3.45. The highest BCUT2D eigenvalue weighted by molar-refractivity contribution is 6.01. The summed E-state index contributed by atoms with van der Waals surface area (Å²) in [4.78, 5) is 39.0. The zero-order chi connectivity index (χ0) is 24.2. The Balaban J connectivity index is 1.38. The number of para-hydroxylation sites is 1. The van der Waals surface area contributed by atoms with Gasteiger partial charge >= 0.3 is 0 Å². The zero-order valence-corrected chi connectivity index (χ0v) is 18.5. The molecule has 1 aliphatic heterocycles. The van der Waals surface area contributed by atoms with Gasteiger partial charge in [0.05, 0.1) is 32.0 Å². The van der Waals surface area contributed by atoms with Gasteiger partial charge in [-0.1, -0.05) is 18.2 Å². The molecule has 34 heavy (non-hydrogen) atoms. The summed E-state index contributed by atoms with van der Waals surface area (Å²) in [5.41, 5.74) is 5.52. The Labute approximate surface area is 194 Å². The fourth-order valence-electron chi connectivity index (χ4n) is 3.64. The van der Waals surface area contributed by atoms with Crippen molar-refractivity contribution in [1.29, 1.82) is 0 Å². The molecule has 176 valence electrons. The number of nitrogens with zero attached hydrogens (tertiary/aromatic N) is 3. The highest BCUT2D eigenvalue weighted by atomic mass is 16.5. The van der Waals surface area contributed by atoms with E-state index in [1.165, 1.54) is 30.0 Å². The van der Waals surface area contributed by atoms with Gasteiger partial charge in [0.2, 0.25) is 11.8 Å². The van der Waals surface area contributed by atoms with Gasteiger partial charge in [0.1, 0.15) is 0 Å². The molecule has 0 aliphatic carbocycles. The van der Waals surface area contributed by atoms with Crippen LogP contribution in [0, 0.1) is 5.92 Å². The highest BCUT2D eigenvalue weighted by Gasteiger charge is 2.36. The summed E-state index contributed by atoms with van der Waals surface area (Å²) >= 11 is 0. The third-order valence-corrected chi connectivity index (χ3v) is 5.40. The van der Waals surface area contributed by atoms with Crippen LogP contribution in [-0.4, -0.2) is 53.4 Å². The largest absolute Gasteiger partial charge is 0.504 e. The number of aromatic nitrogens is 2. The van der Waals surface area contributed by atoms with E-state index in [0.717, 1.165) is 0 Å². The quantitative estimate of drug-likeness (QED) is 0.469. The number of hydrazine groups is 1. The molecule has 0 radical (unpaired) electrons. The molecule has 11 nitrogen and oxygen atoms in total. The van der Waals surface area contributed by atoms with Gasteiger partial charge in [0, 0.05) is 24.7 Å². The van der Waals surface area contributed by atoms with Gasteiger partial charge in [0.15, 0.2) is 22.9 Å². The Morgan fingerprint density at radius 2 is 1.76 bits per heavy atom. The van der Waals surface area contributed by atoms with Crippen molar-refractivity contribution in [2.24, 2.45) is 5.92 Å². The van der Waals surface area contributed by atoms with E-state index in [1.54, 1.807) is 42.5 Å². The summed E-state index contributed by atoms with van der Waals surface area (Å²) < 4.78 is 11.8. The standard InChI is InChI=1S/C23H23N5O6/c1-33-18-9-8-16(11-19(18)34-2)27-12-14(10-20(27)30)22(31)24-25-23(32)21-17(29)13-28(26-21)15-6-4-3-5-7-15/h3-9,11,13-14,29H,10,12H2,1-2H3,(H,24,31)(H,25,32). The van der Waals surface area contributed by atoms with Crippen LogP contribution in [0.5, 0.6) is 17.2 Å². The summed E-state index contributed by atoms with van der Waals surface area (Å²) in [6, 6.07) is 14.0. The van der Waals surface area contributed by atoms with Crippen LogP contribution in [-0.2, 0) is 9.59 Å². The average molecular weight is 465 g/mol. The van der Waals surface area contributed by atoms with Gasteiger partial charge < -0.3 is 19.5 Å². The first-order valence-corrected chi connectivity index (χ1v) is 10.4. The Morgan fingerprint density at radius 3 is 2.47 bits per heavy atom. The monoisotopic (exact) mass is 465 g/mol. The second kappa shape index (κ2) is 9.53. The molecule has 1 saturated heterocycles. The number of nitrogens with one attached hydrogen (secondary N) is 2. The molecule has 1 aliphatic rings. The fraction of sp³-hybridized carbons (Fsp3) is 0.217. The lowest BCUT2D eigenvalue weighted by Crippen LogP contribution is -2.45. The summed E-state index contributed by atoms with van der Waals surface area (Å²) in [6.45, 7) is 0.129. The number of ether oxygens (including phenoxy) is 2. The lowest BCUT2D eigenvalue weighted by atomic mass is 10.1. The summed E-state index contributed by atoms with van der Waals surface area (Å²) in [5, 5.41) is 14.2. The lowest BCUT2D eigenvalue weighted by molar-refractivity contribution is -0.126. The van der Waals surface area contributed by atoms with Gasteiger partial charge in [-0.25, -0.2) is 4.68 Å². The van der Waals surface area contributed by atoms with Crippen LogP contribution in [0.1, 0.15) is 16.9 Å². The van der Waals surface area contributed by atoms with Crippen molar-refractivity contribution >= 4 is 23.4 Å². The van der Waals surface area contributed by atoms with Crippen molar-refractivity contribution in [1.82, 2.24) is 20.6 Å². The van der Waals surface area contributed by atoms with E-state index in [9.17, 15) is 19.5 Å². The van der Waals surface area contributed by atoms with E-state index in [0.29, 0.717) is 22.9 Å². The van der Waals surface area contributed by atoms with Crippen molar-refractivity contribution in [2.75, 3.05) is 25.7 Å². The SMILES string of the molecule is COc1ccc(N2CC(C(=O)NNC(=O)c3nn(-c4ccccc4)cc3O)CC2=O)cc1OC. The van der Waals surface area contributed by atoms with Crippen LogP contribution >= 0.6 is 0 Å². The molecule has 4 rings (SSSR count). The number of hydrogen-bond donors (Lipinski definition) is 3. The molecule has 2 aromatic carbocycles. The number of amides is 3. The maximum absolute atomic E-state index is 12.6. The molecule has 1 aromatic heterocycles. The maximum atomic E-state index is 12.6. The third-order valence-electron chi connectivity index (χ3n) is 5.40. The molecule has 2 heterocycles. The smallest absolute Gasteiger partial charge is 0.294 e. The van der Waals surface area contributed by atoms with Crippen LogP contribution in [0.25, 0.3) is 5.69 Å². The van der Waals surface area contributed by atoms with Gasteiger partial charge in [-0.2, -0.15) is 5.10 Å². The second-order valence-corrected chi connectivity index (χ2v) is 7.53. The van der Waals surface area contributed by atoms with E-state index < -0.39 is 17.7 Å². The molecule has 3 N–H and O–H groups in total. The van der Waals surface area contributed by atoms with Gasteiger partial charge in [-0.15, -0.1) is 0 Å². The minimum Gasteiger partial charge on any atom is -0.504 e. The topological polar surface area (TPSA) is 135 Å². The van der Waals surface area contributed by atoms with E-state index >= 15 is 0 Å². The van der Waals surface area contributed by atoms with Crippen molar-refractivity contribution in [2.45, 2.75) is 6.42 Å². The van der Waals surface area contributed by atoms with Crippen LogP contribution in [0.3, 0.4) is 0 Å². The first-order chi connectivity index (χ1) is 16.4. The number of aromatic hydroxyl groups is 1. The normalized spacial score (nSPS) is 15.2. The van der Waals surface area contributed by atoms with E-state index in [-0.39, 0.29) is 30.3 Å². The Bertz CT molecular complexity index is 1230. The predicted octanol–water partition coefficient (Wildman–Crippen LogP) is 1.41. The van der Waals surface area contributed by atoms with E-state index in [4.69, 9.17) is 9.47 Å². The summed E-state index contributed by atoms with van der Waals surface area (Å²) in [7, 11) is 3.01. The first-order valence-electron chi connectivity index (χ1n) is 10.4. The maximum Gasteiger partial charge on any atom is 0.294 e. The Kier molecular flexibility index (Phi) is 6.35. The molecule has 1 atom stereocenters. The highest BCUT2D eigenvalue weighted by Crippen LogP contribution is 2.34. The molecule has 0 saturated carbocycles. The van der Waals surface area contributed by atoms with E-state index in [1.807, 2.05) is 6.07 Å². The molecule has 3 aromatic rings. The van der Waals surface area contributed by atoms with Crippen LogP contribution < -0.4 is 25.2 Å². The molecule has 1 unspecified atom stereocenters. The molecule has 11 heteroatoms. The number of carbonyl (C=O) groups excluding carboxylic acids is 3. The van der Waals surface area contributed by atoms with Gasteiger partial charge in [-0.05, 0) is 24.3 Å². The molecule has 1 fully saturated rings. The van der Waals surface area contributed by atoms with Crippen molar-refractivity contribution < 1.29 is 29.0 Å². The number of rotatable bonds is 6. The van der Waals surface area contributed by atoms with Crippen molar-refractivity contribution in [3.05, 3.63) is 60.4 Å². The number of hydrogen-bond acceptors (Lipinski definition) is 7. The molecule has 3 amide bonds. The molecular formula is C23H23N5O6. The lowest BCUT2D eigenvalue weighted by Gasteiger charge is -2.18.